The van der Waals surface area contributed by atoms with Crippen LogP contribution in [0.3, 0.4) is 0 Å². The molecule has 6 nitrogen and oxygen atoms in total. The van der Waals surface area contributed by atoms with Crippen molar-refractivity contribution in [3.05, 3.63) is 33.9 Å². The van der Waals surface area contributed by atoms with Crippen molar-refractivity contribution in [3.63, 3.8) is 0 Å². The maximum atomic E-state index is 12.6. The summed E-state index contributed by atoms with van der Waals surface area (Å²) >= 11 is 0. The van der Waals surface area contributed by atoms with Crippen molar-refractivity contribution in [1.82, 2.24) is 4.90 Å². The van der Waals surface area contributed by atoms with Gasteiger partial charge in [0, 0.05) is 31.3 Å². The molecule has 21 heavy (non-hydrogen) atoms. The van der Waals surface area contributed by atoms with E-state index in [4.69, 9.17) is 0 Å². The molecule has 0 saturated carbocycles. The molecular formula is C15H21N3O3. The molecule has 1 atom stereocenters. The predicted molar refractivity (Wildman–Crippen MR) is 81.6 cm³/mol. The number of likely N-dealkylation sites (tertiary alicyclic amines) is 1. The second kappa shape index (κ2) is 6.56. The molecule has 2 rings (SSSR count). The molecule has 0 aliphatic carbocycles. The Balaban J connectivity index is 2.30. The molecule has 114 valence electrons. The van der Waals surface area contributed by atoms with Crippen LogP contribution < -0.4 is 5.32 Å². The van der Waals surface area contributed by atoms with Gasteiger partial charge in [-0.2, -0.15) is 0 Å². The second-order valence-electron chi connectivity index (χ2n) is 5.30. The molecule has 1 aliphatic rings. The van der Waals surface area contributed by atoms with E-state index in [9.17, 15) is 14.9 Å². The van der Waals surface area contributed by atoms with Crippen LogP contribution in [0.5, 0.6) is 0 Å². The van der Waals surface area contributed by atoms with E-state index in [0.29, 0.717) is 11.3 Å². The third-order valence-electron chi connectivity index (χ3n) is 4.07. The van der Waals surface area contributed by atoms with Gasteiger partial charge in [0.2, 0.25) is 0 Å². The molecule has 0 bridgehead atoms. The molecular weight excluding hydrogens is 270 g/mol. The molecule has 1 aromatic rings. The van der Waals surface area contributed by atoms with Crippen molar-refractivity contribution < 1.29 is 9.72 Å². The Hall–Kier alpha value is -2.11. The van der Waals surface area contributed by atoms with Crippen molar-refractivity contribution in [2.24, 2.45) is 0 Å². The lowest BCUT2D eigenvalue weighted by atomic mass is 9.98. The van der Waals surface area contributed by atoms with Crippen LogP contribution in [0.25, 0.3) is 0 Å². The molecule has 1 aliphatic heterocycles. The van der Waals surface area contributed by atoms with Crippen LogP contribution in [0.2, 0.25) is 0 Å². The predicted octanol–water partition coefficient (Wildman–Crippen LogP) is 3.04. The number of nitro benzene ring substituents is 1. The number of benzene rings is 1. The maximum Gasteiger partial charge on any atom is 0.293 e. The summed E-state index contributed by atoms with van der Waals surface area (Å²) in [5.41, 5.74) is 0.747. The summed E-state index contributed by atoms with van der Waals surface area (Å²) in [4.78, 5) is 25.1. The Morgan fingerprint density at radius 3 is 2.86 bits per heavy atom. The Labute approximate surface area is 124 Å². The average molecular weight is 291 g/mol. The number of anilines is 1. The summed E-state index contributed by atoms with van der Waals surface area (Å²) in [6.07, 6.45) is 4.07. The molecule has 1 fully saturated rings. The number of amides is 1. The Morgan fingerprint density at radius 1 is 1.48 bits per heavy atom. The van der Waals surface area contributed by atoms with E-state index in [1.165, 1.54) is 6.07 Å². The van der Waals surface area contributed by atoms with E-state index in [0.717, 1.165) is 32.2 Å². The van der Waals surface area contributed by atoms with Gasteiger partial charge in [-0.1, -0.05) is 6.92 Å². The van der Waals surface area contributed by atoms with Crippen LogP contribution in [0, 0.1) is 10.1 Å². The fourth-order valence-corrected chi connectivity index (χ4v) is 2.89. The molecule has 1 N–H and O–H groups in total. The summed E-state index contributed by atoms with van der Waals surface area (Å²) in [7, 11) is 1.63. The number of carbonyl (C=O) groups is 1. The number of nitrogens with one attached hydrogen (secondary N) is 1. The lowest BCUT2D eigenvalue weighted by Crippen LogP contribution is -2.43. The standard InChI is InChI=1S/C15H21N3O3/c1-3-12-6-4-5-9-17(12)15(19)11-7-8-13(16-2)14(10-11)18(20)21/h7-8,10,12,16H,3-6,9H2,1-2H3. The van der Waals surface area contributed by atoms with E-state index in [1.54, 1.807) is 19.2 Å². The van der Waals surface area contributed by atoms with Crippen LogP contribution in [0.4, 0.5) is 11.4 Å². The summed E-state index contributed by atoms with van der Waals surface area (Å²) in [5, 5.41) is 13.9. The third kappa shape index (κ3) is 3.15. The van der Waals surface area contributed by atoms with Crippen LogP contribution in [-0.4, -0.2) is 35.4 Å². The molecule has 1 amide bonds. The smallest absolute Gasteiger partial charge is 0.293 e. The topological polar surface area (TPSA) is 75.5 Å². The number of hydrogen-bond acceptors (Lipinski definition) is 4. The summed E-state index contributed by atoms with van der Waals surface area (Å²) < 4.78 is 0. The molecule has 0 radical (unpaired) electrons. The largest absolute Gasteiger partial charge is 0.383 e. The zero-order valence-electron chi connectivity index (χ0n) is 12.5. The zero-order valence-corrected chi connectivity index (χ0v) is 12.5. The number of carbonyl (C=O) groups excluding carboxylic acids is 1. The van der Waals surface area contributed by atoms with Gasteiger partial charge in [-0.15, -0.1) is 0 Å². The summed E-state index contributed by atoms with van der Waals surface area (Å²) in [5.74, 6) is -0.104. The highest BCUT2D eigenvalue weighted by molar-refractivity contribution is 5.96. The van der Waals surface area contributed by atoms with E-state index in [-0.39, 0.29) is 17.6 Å². The maximum absolute atomic E-state index is 12.6. The first-order chi connectivity index (χ1) is 10.1. The molecule has 0 spiro atoms. The Morgan fingerprint density at radius 2 is 2.24 bits per heavy atom. The number of nitro groups is 1. The summed E-state index contributed by atoms with van der Waals surface area (Å²) in [6.45, 7) is 2.81. The fourth-order valence-electron chi connectivity index (χ4n) is 2.89. The van der Waals surface area contributed by atoms with Gasteiger partial charge in [0.25, 0.3) is 11.6 Å². The molecule has 1 saturated heterocycles. The highest BCUT2D eigenvalue weighted by Crippen LogP contribution is 2.27. The van der Waals surface area contributed by atoms with Gasteiger partial charge in [-0.3, -0.25) is 14.9 Å². The highest BCUT2D eigenvalue weighted by Gasteiger charge is 2.27. The van der Waals surface area contributed by atoms with E-state index >= 15 is 0 Å². The quantitative estimate of drug-likeness (QED) is 0.683. The van der Waals surface area contributed by atoms with Crippen LogP contribution in [0.15, 0.2) is 18.2 Å². The molecule has 1 heterocycles. The first-order valence-electron chi connectivity index (χ1n) is 7.35. The second-order valence-corrected chi connectivity index (χ2v) is 5.30. The number of hydrogen-bond donors (Lipinski definition) is 1. The van der Waals surface area contributed by atoms with E-state index < -0.39 is 4.92 Å². The minimum atomic E-state index is -0.462. The van der Waals surface area contributed by atoms with Gasteiger partial charge in [0.05, 0.1) is 4.92 Å². The van der Waals surface area contributed by atoms with E-state index in [2.05, 4.69) is 12.2 Å². The lowest BCUT2D eigenvalue weighted by Gasteiger charge is -2.35. The van der Waals surface area contributed by atoms with Gasteiger partial charge in [0.1, 0.15) is 5.69 Å². The first-order valence-corrected chi connectivity index (χ1v) is 7.35. The van der Waals surface area contributed by atoms with Gasteiger partial charge in [-0.05, 0) is 37.8 Å². The lowest BCUT2D eigenvalue weighted by molar-refractivity contribution is -0.384. The fraction of sp³-hybridized carbons (Fsp3) is 0.533. The van der Waals surface area contributed by atoms with Gasteiger partial charge < -0.3 is 10.2 Å². The van der Waals surface area contributed by atoms with Crippen molar-refractivity contribution in [2.45, 2.75) is 38.6 Å². The van der Waals surface area contributed by atoms with Crippen LogP contribution in [0.1, 0.15) is 43.0 Å². The van der Waals surface area contributed by atoms with Crippen LogP contribution >= 0.6 is 0 Å². The van der Waals surface area contributed by atoms with Crippen molar-refractivity contribution in [2.75, 3.05) is 18.9 Å². The molecule has 6 heteroatoms. The van der Waals surface area contributed by atoms with Crippen molar-refractivity contribution >= 4 is 17.3 Å². The number of piperidine rings is 1. The van der Waals surface area contributed by atoms with Gasteiger partial charge in [0.15, 0.2) is 0 Å². The number of rotatable bonds is 4. The van der Waals surface area contributed by atoms with Gasteiger partial charge >= 0.3 is 0 Å². The highest BCUT2D eigenvalue weighted by atomic mass is 16.6. The Bertz CT molecular complexity index is 545. The van der Waals surface area contributed by atoms with Gasteiger partial charge in [-0.25, -0.2) is 0 Å². The minimum Gasteiger partial charge on any atom is -0.383 e. The average Bonchev–Trinajstić information content (AvgIpc) is 2.53. The SMILES string of the molecule is CCC1CCCCN1C(=O)c1ccc(NC)c([N+](=O)[O-])c1. The first kappa shape index (κ1) is 15.3. The van der Waals surface area contributed by atoms with Crippen molar-refractivity contribution in [3.8, 4) is 0 Å². The molecule has 0 aromatic heterocycles. The minimum absolute atomic E-state index is 0.0617. The molecule has 1 unspecified atom stereocenters. The summed E-state index contributed by atoms with van der Waals surface area (Å²) in [6, 6.07) is 4.86. The Kier molecular flexibility index (Phi) is 4.77. The van der Waals surface area contributed by atoms with Crippen LogP contribution in [-0.2, 0) is 0 Å². The van der Waals surface area contributed by atoms with E-state index in [1.807, 2.05) is 4.90 Å². The normalized spacial score (nSPS) is 18.4. The number of nitrogens with zero attached hydrogens (tertiary/aromatic N) is 2. The molecule has 1 aromatic carbocycles. The zero-order chi connectivity index (χ0) is 15.4. The van der Waals surface area contributed by atoms with Crippen molar-refractivity contribution in [1.29, 1.82) is 0 Å². The third-order valence-corrected chi connectivity index (χ3v) is 4.07. The monoisotopic (exact) mass is 291 g/mol.